The molecule has 64 valence electrons. The number of nitrogens with one attached hydrogen (secondary N) is 1. The van der Waals surface area contributed by atoms with E-state index in [4.69, 9.17) is 11.5 Å². The quantitative estimate of drug-likeness (QED) is 0.524. The van der Waals surface area contributed by atoms with Crippen LogP contribution in [0.2, 0.25) is 0 Å². The number of aromatic amines is 1. The highest BCUT2D eigenvalue weighted by molar-refractivity contribution is 8.14. The molecule has 0 atom stereocenters. The maximum absolute atomic E-state index is 5.44. The van der Waals surface area contributed by atoms with Crippen molar-refractivity contribution in [3.63, 3.8) is 0 Å². The number of nitrogens with two attached hydrogens (primary N) is 2. The summed E-state index contributed by atoms with van der Waals surface area (Å²) < 4.78 is 0. The summed E-state index contributed by atoms with van der Waals surface area (Å²) in [5.74, 6) is 1.35. The molecule has 0 saturated carbocycles. The average molecular weight is 185 g/mol. The van der Waals surface area contributed by atoms with Crippen molar-refractivity contribution in [1.82, 2.24) is 15.2 Å². The highest BCUT2D eigenvalue weighted by atomic mass is 32.2. The highest BCUT2D eigenvalue weighted by Gasteiger charge is 2.17. The van der Waals surface area contributed by atoms with Gasteiger partial charge < -0.3 is 11.5 Å². The van der Waals surface area contributed by atoms with Gasteiger partial charge in [-0.3, -0.25) is 0 Å². The van der Waals surface area contributed by atoms with Crippen molar-refractivity contribution in [2.24, 2.45) is 10.8 Å². The van der Waals surface area contributed by atoms with Gasteiger partial charge in [0.15, 0.2) is 5.17 Å². The maximum atomic E-state index is 5.44. The largest absolute Gasteiger partial charge is 0.377 e. The van der Waals surface area contributed by atoms with E-state index in [1.54, 1.807) is 5.01 Å². The van der Waals surface area contributed by atoms with E-state index in [-0.39, 0.29) is 5.95 Å². The van der Waals surface area contributed by atoms with Crippen LogP contribution in [0.3, 0.4) is 0 Å². The van der Waals surface area contributed by atoms with Gasteiger partial charge in [-0.15, -0.1) is 10.2 Å². The lowest BCUT2D eigenvalue weighted by Crippen LogP contribution is -2.12. The van der Waals surface area contributed by atoms with Gasteiger partial charge in [-0.1, -0.05) is 11.8 Å². The number of nitrogen functional groups attached to an aromatic ring is 1. The lowest BCUT2D eigenvalue weighted by atomic mass is 10.9. The van der Waals surface area contributed by atoms with Gasteiger partial charge in [-0.25, -0.2) is 10.1 Å². The van der Waals surface area contributed by atoms with E-state index in [1.807, 2.05) is 0 Å². The molecule has 0 fully saturated rings. The molecule has 1 aliphatic heterocycles. The van der Waals surface area contributed by atoms with E-state index in [0.717, 1.165) is 0 Å². The van der Waals surface area contributed by atoms with Crippen molar-refractivity contribution in [2.75, 3.05) is 16.6 Å². The fourth-order valence-corrected chi connectivity index (χ4v) is 1.37. The Morgan fingerprint density at radius 2 is 2.33 bits per heavy atom. The van der Waals surface area contributed by atoms with E-state index in [0.29, 0.717) is 17.0 Å². The van der Waals surface area contributed by atoms with Crippen LogP contribution in [0.15, 0.2) is 5.10 Å². The molecule has 1 aliphatic rings. The first kappa shape index (κ1) is 7.22. The molecule has 0 aliphatic carbocycles. The molecule has 0 saturated heterocycles. The fourth-order valence-electron chi connectivity index (χ4n) is 0.787. The molecular formula is C4H7N7S. The summed E-state index contributed by atoms with van der Waals surface area (Å²) >= 11 is 1.43. The van der Waals surface area contributed by atoms with Crippen LogP contribution >= 0.6 is 11.8 Å². The Labute approximate surface area is 72.2 Å². The summed E-state index contributed by atoms with van der Waals surface area (Å²) in [5.41, 5.74) is 10.8. The summed E-state index contributed by atoms with van der Waals surface area (Å²) in [5, 5.41) is 12.4. The molecule has 0 amide bonds. The zero-order chi connectivity index (χ0) is 8.55. The first-order chi connectivity index (χ1) is 5.75. The number of amidine groups is 1. The Bertz CT molecular complexity index is 317. The van der Waals surface area contributed by atoms with Gasteiger partial charge >= 0.3 is 0 Å². The summed E-state index contributed by atoms with van der Waals surface area (Å²) in [7, 11) is 0. The maximum Gasteiger partial charge on any atom is 0.267 e. The molecule has 2 rings (SSSR count). The van der Waals surface area contributed by atoms with Crippen molar-refractivity contribution >= 4 is 28.8 Å². The average Bonchev–Trinajstić information content (AvgIpc) is 2.58. The molecule has 5 N–H and O–H groups in total. The summed E-state index contributed by atoms with van der Waals surface area (Å²) in [6, 6.07) is 0. The molecule has 1 aromatic heterocycles. The monoisotopic (exact) mass is 185 g/mol. The molecule has 12 heavy (non-hydrogen) atoms. The molecule has 0 bridgehead atoms. The normalized spacial score (nSPS) is 16.7. The molecule has 8 heteroatoms. The first-order valence-corrected chi connectivity index (χ1v) is 4.16. The van der Waals surface area contributed by atoms with Crippen LogP contribution in [-0.4, -0.2) is 26.2 Å². The Morgan fingerprint density at radius 3 is 2.83 bits per heavy atom. The zero-order valence-electron chi connectivity index (χ0n) is 6.06. The van der Waals surface area contributed by atoms with Crippen LogP contribution in [0, 0.1) is 0 Å². The van der Waals surface area contributed by atoms with Crippen molar-refractivity contribution in [3.05, 3.63) is 0 Å². The molecule has 2 heterocycles. The van der Waals surface area contributed by atoms with Crippen molar-refractivity contribution in [2.45, 2.75) is 0 Å². The van der Waals surface area contributed by atoms with Crippen molar-refractivity contribution < 1.29 is 0 Å². The second-order valence-corrected chi connectivity index (χ2v) is 3.10. The third-order valence-corrected chi connectivity index (χ3v) is 2.03. The third kappa shape index (κ3) is 1.16. The van der Waals surface area contributed by atoms with E-state index < -0.39 is 0 Å². The molecule has 0 aromatic carbocycles. The minimum Gasteiger partial charge on any atom is -0.377 e. The molecule has 0 radical (unpaired) electrons. The number of nitrogens with zero attached hydrogens (tertiary/aromatic N) is 4. The number of H-pyrrole nitrogens is 1. The topological polar surface area (TPSA) is 109 Å². The van der Waals surface area contributed by atoms with Crippen LogP contribution in [0.25, 0.3) is 0 Å². The van der Waals surface area contributed by atoms with Gasteiger partial charge in [0.25, 0.3) is 5.95 Å². The van der Waals surface area contributed by atoms with Gasteiger partial charge in [0.05, 0.1) is 5.88 Å². The minimum atomic E-state index is 0.274. The van der Waals surface area contributed by atoms with E-state index in [2.05, 4.69) is 20.3 Å². The highest BCUT2D eigenvalue weighted by Crippen LogP contribution is 2.19. The Balaban J connectivity index is 2.21. The number of rotatable bonds is 1. The smallest absolute Gasteiger partial charge is 0.267 e. The Morgan fingerprint density at radius 1 is 1.50 bits per heavy atom. The molecule has 0 spiro atoms. The van der Waals surface area contributed by atoms with Gasteiger partial charge in [-0.05, 0) is 0 Å². The lowest BCUT2D eigenvalue weighted by molar-refractivity contribution is 0.928. The molecule has 7 nitrogen and oxygen atoms in total. The van der Waals surface area contributed by atoms with Crippen molar-refractivity contribution in [1.29, 1.82) is 0 Å². The number of hydrogen-bond acceptors (Lipinski definition) is 7. The molecule has 0 unspecified atom stereocenters. The number of thioether (sulfide) groups is 1. The number of anilines is 2. The number of hydrazone groups is 1. The predicted octanol–water partition coefficient (Wildman–Crippen LogP) is -0.873. The van der Waals surface area contributed by atoms with Crippen LogP contribution in [0.4, 0.5) is 11.9 Å². The van der Waals surface area contributed by atoms with Crippen LogP contribution in [0.1, 0.15) is 0 Å². The van der Waals surface area contributed by atoms with Crippen LogP contribution < -0.4 is 16.5 Å². The molecule has 1 aromatic rings. The van der Waals surface area contributed by atoms with E-state index in [1.165, 1.54) is 11.8 Å². The standard InChI is InChI=1S/C4H7N7S/c5-2-7-4(9-8-2)11-1-12-3(6)10-11/h1H2,(H2,6,10)(H3,5,7,8,9). The lowest BCUT2D eigenvalue weighted by Gasteiger charge is -2.04. The minimum absolute atomic E-state index is 0.274. The van der Waals surface area contributed by atoms with Crippen molar-refractivity contribution in [3.8, 4) is 0 Å². The second-order valence-electron chi connectivity index (χ2n) is 2.13. The van der Waals surface area contributed by atoms with Gasteiger partial charge in [0.2, 0.25) is 5.95 Å². The first-order valence-electron chi connectivity index (χ1n) is 3.18. The third-order valence-electron chi connectivity index (χ3n) is 1.28. The van der Waals surface area contributed by atoms with Gasteiger partial charge in [0.1, 0.15) is 0 Å². The van der Waals surface area contributed by atoms with Gasteiger partial charge in [0, 0.05) is 0 Å². The zero-order valence-corrected chi connectivity index (χ0v) is 6.88. The van der Waals surface area contributed by atoms with Crippen LogP contribution in [-0.2, 0) is 0 Å². The van der Waals surface area contributed by atoms with Gasteiger partial charge in [-0.2, -0.15) is 4.98 Å². The summed E-state index contributed by atoms with van der Waals surface area (Å²) in [6.45, 7) is 0. The predicted molar refractivity (Wildman–Crippen MR) is 47.4 cm³/mol. The Hall–Kier alpha value is -1.44. The summed E-state index contributed by atoms with van der Waals surface area (Å²) in [6.07, 6.45) is 0. The SMILES string of the molecule is NC1=NN(c2n[nH]c(N)n2)CS1. The number of hydrogen-bond donors (Lipinski definition) is 3. The van der Waals surface area contributed by atoms with E-state index >= 15 is 0 Å². The number of aromatic nitrogens is 3. The summed E-state index contributed by atoms with van der Waals surface area (Å²) in [4.78, 5) is 3.89. The van der Waals surface area contributed by atoms with E-state index in [9.17, 15) is 0 Å². The fraction of sp³-hybridized carbons (Fsp3) is 0.250. The Kier molecular flexibility index (Phi) is 1.54. The molecular weight excluding hydrogens is 178 g/mol. The van der Waals surface area contributed by atoms with Crippen LogP contribution in [0.5, 0.6) is 0 Å². The second kappa shape index (κ2) is 2.55.